The smallest absolute Gasteiger partial charge is 0.266 e. The first kappa shape index (κ1) is 23.9. The monoisotopic (exact) mass is 453 g/mol. The fraction of sp³-hybridized carbons (Fsp3) is 0.148. The Labute approximate surface area is 198 Å². The quantitative estimate of drug-likeness (QED) is 0.338. The maximum Gasteiger partial charge on any atom is 0.266 e. The zero-order valence-electron chi connectivity index (χ0n) is 18.7. The average Bonchev–Trinajstić information content (AvgIpc) is 2.87. The number of amides is 1. The molecule has 0 aliphatic carbocycles. The van der Waals surface area contributed by atoms with Gasteiger partial charge in [0.1, 0.15) is 30.1 Å². The van der Waals surface area contributed by atoms with Crippen molar-refractivity contribution in [2.24, 2.45) is 0 Å². The largest absolute Gasteiger partial charge is 0.490 e. The zero-order chi connectivity index (χ0) is 24.2. The number of nitrogens with zero attached hydrogens (tertiary/aromatic N) is 2. The van der Waals surface area contributed by atoms with Crippen LogP contribution < -0.4 is 19.5 Å². The Bertz CT molecular complexity index is 1220. The van der Waals surface area contributed by atoms with Gasteiger partial charge >= 0.3 is 0 Å². The molecule has 170 valence electrons. The second kappa shape index (κ2) is 12.3. The summed E-state index contributed by atoms with van der Waals surface area (Å²) in [7, 11) is 0. The molecule has 0 unspecified atom stereocenters. The number of nitriles is 2. The lowest BCUT2D eigenvalue weighted by Gasteiger charge is -2.11. The fourth-order valence-electron chi connectivity index (χ4n) is 3.00. The van der Waals surface area contributed by atoms with Gasteiger partial charge in [-0.15, -0.1) is 0 Å². The van der Waals surface area contributed by atoms with E-state index in [1.807, 2.05) is 49.4 Å². The summed E-state index contributed by atoms with van der Waals surface area (Å²) in [6.07, 6.45) is 1.46. The highest BCUT2D eigenvalue weighted by Crippen LogP contribution is 2.29. The minimum atomic E-state index is -0.539. The van der Waals surface area contributed by atoms with Gasteiger partial charge in [-0.3, -0.25) is 4.79 Å². The Balaban J connectivity index is 1.66. The van der Waals surface area contributed by atoms with Gasteiger partial charge in [-0.2, -0.15) is 10.5 Å². The van der Waals surface area contributed by atoms with Crippen LogP contribution in [0.5, 0.6) is 17.2 Å². The number of rotatable bonds is 10. The summed E-state index contributed by atoms with van der Waals surface area (Å²) in [4.78, 5) is 12.6. The number of hydrogen-bond acceptors (Lipinski definition) is 6. The van der Waals surface area contributed by atoms with Crippen LogP contribution >= 0.6 is 0 Å². The average molecular weight is 453 g/mol. The van der Waals surface area contributed by atoms with Crippen LogP contribution in [0.25, 0.3) is 6.08 Å². The maximum absolute atomic E-state index is 12.6. The third-order valence-corrected chi connectivity index (χ3v) is 4.60. The SMILES string of the molecule is CCOc1cc(/C=C(\C#N)C(=O)Nc2ccc(OCc3ccccc3)cc2)ccc1OCC#N. The molecule has 0 bridgehead atoms. The third-order valence-electron chi connectivity index (χ3n) is 4.60. The molecule has 0 atom stereocenters. The van der Waals surface area contributed by atoms with Gasteiger partial charge in [0.05, 0.1) is 6.61 Å². The highest BCUT2D eigenvalue weighted by Gasteiger charge is 2.12. The Morgan fingerprint density at radius 2 is 1.71 bits per heavy atom. The molecule has 1 N–H and O–H groups in total. The van der Waals surface area contributed by atoms with Crippen LogP contribution in [0.15, 0.2) is 78.4 Å². The summed E-state index contributed by atoms with van der Waals surface area (Å²) >= 11 is 0. The third kappa shape index (κ3) is 6.88. The summed E-state index contributed by atoms with van der Waals surface area (Å²) in [5, 5.41) is 20.9. The molecular weight excluding hydrogens is 430 g/mol. The number of ether oxygens (including phenoxy) is 3. The molecule has 3 rings (SSSR count). The van der Waals surface area contributed by atoms with Gasteiger partial charge in [0.2, 0.25) is 0 Å². The van der Waals surface area contributed by atoms with Crippen molar-refractivity contribution in [3.8, 4) is 29.4 Å². The van der Waals surface area contributed by atoms with Crippen LogP contribution in [0.4, 0.5) is 5.69 Å². The number of carbonyl (C=O) groups excluding carboxylic acids is 1. The highest BCUT2D eigenvalue weighted by atomic mass is 16.5. The normalized spacial score (nSPS) is 10.5. The Kier molecular flexibility index (Phi) is 8.67. The van der Waals surface area contributed by atoms with Gasteiger partial charge in [-0.25, -0.2) is 0 Å². The summed E-state index contributed by atoms with van der Waals surface area (Å²) in [6.45, 7) is 2.55. The summed E-state index contributed by atoms with van der Waals surface area (Å²) < 4.78 is 16.6. The van der Waals surface area contributed by atoms with E-state index >= 15 is 0 Å². The standard InChI is InChI=1S/C27H23N3O4/c1-2-32-26-17-21(8-13-25(26)33-15-14-28)16-22(18-29)27(31)30-23-9-11-24(12-10-23)34-19-20-6-4-3-5-7-20/h3-13,16-17H,2,15,19H2,1H3,(H,30,31)/b22-16+. The van der Waals surface area contributed by atoms with E-state index in [1.54, 1.807) is 42.5 Å². The molecule has 0 saturated carbocycles. The Morgan fingerprint density at radius 1 is 0.941 bits per heavy atom. The van der Waals surface area contributed by atoms with E-state index in [2.05, 4.69) is 5.32 Å². The molecule has 0 aromatic heterocycles. The molecule has 0 saturated heterocycles. The van der Waals surface area contributed by atoms with E-state index < -0.39 is 5.91 Å². The number of carbonyl (C=O) groups is 1. The van der Waals surface area contributed by atoms with Crippen molar-refractivity contribution in [1.29, 1.82) is 10.5 Å². The van der Waals surface area contributed by atoms with E-state index in [4.69, 9.17) is 19.5 Å². The molecule has 7 heteroatoms. The van der Waals surface area contributed by atoms with Gasteiger partial charge < -0.3 is 19.5 Å². The number of anilines is 1. The topological polar surface area (TPSA) is 104 Å². The van der Waals surface area contributed by atoms with Crippen LogP contribution in [0, 0.1) is 22.7 Å². The van der Waals surface area contributed by atoms with Crippen LogP contribution in [0.3, 0.4) is 0 Å². The predicted octanol–water partition coefficient (Wildman–Crippen LogP) is 5.11. The number of hydrogen-bond donors (Lipinski definition) is 1. The Hall–Kier alpha value is -4.75. The second-order valence-electron chi connectivity index (χ2n) is 7.01. The van der Waals surface area contributed by atoms with E-state index in [-0.39, 0.29) is 12.2 Å². The van der Waals surface area contributed by atoms with Crippen molar-refractivity contribution in [2.75, 3.05) is 18.5 Å². The van der Waals surface area contributed by atoms with Gasteiger partial charge in [0.25, 0.3) is 5.91 Å². The molecule has 34 heavy (non-hydrogen) atoms. The fourth-order valence-corrected chi connectivity index (χ4v) is 3.00. The van der Waals surface area contributed by atoms with Crippen LogP contribution in [-0.2, 0) is 11.4 Å². The van der Waals surface area contributed by atoms with Crippen molar-refractivity contribution in [2.45, 2.75) is 13.5 Å². The van der Waals surface area contributed by atoms with Crippen molar-refractivity contribution in [3.63, 3.8) is 0 Å². The first-order chi connectivity index (χ1) is 16.6. The summed E-state index contributed by atoms with van der Waals surface area (Å²) in [6, 6.07) is 25.5. The molecular formula is C27H23N3O4. The highest BCUT2D eigenvalue weighted by molar-refractivity contribution is 6.09. The van der Waals surface area contributed by atoms with Crippen molar-refractivity contribution in [3.05, 3.63) is 89.5 Å². The van der Waals surface area contributed by atoms with Crippen LogP contribution in [-0.4, -0.2) is 19.1 Å². The first-order valence-corrected chi connectivity index (χ1v) is 10.6. The molecule has 0 fully saturated rings. The van der Waals surface area contributed by atoms with E-state index in [0.29, 0.717) is 41.7 Å². The lowest BCUT2D eigenvalue weighted by Crippen LogP contribution is -2.13. The second-order valence-corrected chi connectivity index (χ2v) is 7.01. The molecule has 3 aromatic rings. The number of benzene rings is 3. The summed E-state index contributed by atoms with van der Waals surface area (Å²) in [5.41, 5.74) is 2.11. The van der Waals surface area contributed by atoms with Gasteiger partial charge in [0, 0.05) is 5.69 Å². The first-order valence-electron chi connectivity index (χ1n) is 10.6. The molecule has 7 nitrogen and oxygen atoms in total. The van der Waals surface area contributed by atoms with Crippen LogP contribution in [0.1, 0.15) is 18.1 Å². The van der Waals surface area contributed by atoms with E-state index in [1.165, 1.54) is 6.08 Å². The molecule has 0 aliphatic heterocycles. The maximum atomic E-state index is 12.6. The van der Waals surface area contributed by atoms with E-state index in [9.17, 15) is 10.1 Å². The van der Waals surface area contributed by atoms with E-state index in [0.717, 1.165) is 5.56 Å². The van der Waals surface area contributed by atoms with Gasteiger partial charge in [-0.1, -0.05) is 36.4 Å². The Morgan fingerprint density at radius 3 is 2.38 bits per heavy atom. The molecule has 0 aliphatic rings. The van der Waals surface area contributed by atoms with Crippen molar-refractivity contribution in [1.82, 2.24) is 0 Å². The van der Waals surface area contributed by atoms with Crippen molar-refractivity contribution >= 4 is 17.7 Å². The zero-order valence-corrected chi connectivity index (χ0v) is 18.7. The van der Waals surface area contributed by atoms with Gasteiger partial charge in [0.15, 0.2) is 18.1 Å². The van der Waals surface area contributed by atoms with Crippen LogP contribution in [0.2, 0.25) is 0 Å². The summed E-state index contributed by atoms with van der Waals surface area (Å²) in [5.74, 6) is 0.969. The lowest BCUT2D eigenvalue weighted by atomic mass is 10.1. The molecule has 3 aromatic carbocycles. The van der Waals surface area contributed by atoms with Crippen molar-refractivity contribution < 1.29 is 19.0 Å². The molecule has 1 amide bonds. The molecule has 0 heterocycles. The molecule has 0 radical (unpaired) electrons. The number of nitrogens with one attached hydrogen (secondary N) is 1. The lowest BCUT2D eigenvalue weighted by molar-refractivity contribution is -0.112. The predicted molar refractivity (Wildman–Crippen MR) is 128 cm³/mol. The van der Waals surface area contributed by atoms with Gasteiger partial charge in [-0.05, 0) is 60.5 Å². The minimum absolute atomic E-state index is 0.0717. The molecule has 0 spiro atoms. The minimum Gasteiger partial charge on any atom is -0.490 e.